The predicted octanol–water partition coefficient (Wildman–Crippen LogP) is 4.41. The molecule has 1 aromatic rings. The highest BCUT2D eigenvalue weighted by molar-refractivity contribution is 7.12. The lowest BCUT2D eigenvalue weighted by atomic mass is 9.80. The van der Waals surface area contributed by atoms with Gasteiger partial charge in [0, 0.05) is 22.8 Å². The first-order valence-corrected chi connectivity index (χ1v) is 8.99. The summed E-state index contributed by atoms with van der Waals surface area (Å²) in [6.07, 6.45) is 1.30. The molecule has 0 amide bonds. The molecule has 2 rings (SSSR count). The first-order valence-electron chi connectivity index (χ1n) is 8.17. The van der Waals surface area contributed by atoms with Gasteiger partial charge in [0.2, 0.25) is 0 Å². The summed E-state index contributed by atoms with van der Waals surface area (Å²) in [4.78, 5) is 5.51. The van der Waals surface area contributed by atoms with Crippen LogP contribution in [0.15, 0.2) is 12.1 Å². The summed E-state index contributed by atoms with van der Waals surface area (Å²) in [5.41, 5.74) is 6.76. The van der Waals surface area contributed by atoms with Gasteiger partial charge in [-0.25, -0.2) is 0 Å². The lowest BCUT2D eigenvalue weighted by Crippen LogP contribution is -2.33. The highest BCUT2D eigenvalue weighted by Gasteiger charge is 2.35. The zero-order chi connectivity index (χ0) is 15.8. The van der Waals surface area contributed by atoms with E-state index in [2.05, 4.69) is 58.6 Å². The molecule has 2 N–H and O–H groups in total. The maximum absolute atomic E-state index is 6.12. The minimum absolute atomic E-state index is 0.237. The smallest absolute Gasteiger partial charge is 0.0564 e. The molecular weight excluding hydrogens is 276 g/mol. The number of likely N-dealkylation sites (tertiary alicyclic amines) is 1. The van der Waals surface area contributed by atoms with E-state index in [9.17, 15) is 0 Å². The van der Waals surface area contributed by atoms with Gasteiger partial charge in [0.25, 0.3) is 0 Å². The minimum atomic E-state index is 0.237. The highest BCUT2D eigenvalue weighted by Crippen LogP contribution is 2.39. The second-order valence-corrected chi connectivity index (χ2v) is 9.67. The fourth-order valence-electron chi connectivity index (χ4n) is 3.16. The molecule has 2 atom stereocenters. The van der Waals surface area contributed by atoms with E-state index in [1.165, 1.54) is 29.3 Å². The van der Waals surface area contributed by atoms with Gasteiger partial charge in [-0.05, 0) is 41.8 Å². The molecule has 0 aromatic carbocycles. The van der Waals surface area contributed by atoms with Crippen LogP contribution in [0.5, 0.6) is 0 Å². The van der Waals surface area contributed by atoms with Crippen molar-refractivity contribution in [1.29, 1.82) is 0 Å². The van der Waals surface area contributed by atoms with Crippen LogP contribution in [0.3, 0.4) is 0 Å². The maximum Gasteiger partial charge on any atom is 0.0564 e. The molecule has 21 heavy (non-hydrogen) atoms. The Balaban J connectivity index is 2.12. The largest absolute Gasteiger partial charge is 0.329 e. The van der Waals surface area contributed by atoms with Crippen LogP contribution in [-0.2, 0) is 5.41 Å². The van der Waals surface area contributed by atoms with Crippen molar-refractivity contribution in [3.8, 4) is 0 Å². The second kappa shape index (κ2) is 6.02. The number of thiophene rings is 1. The van der Waals surface area contributed by atoms with Gasteiger partial charge in [-0.3, -0.25) is 4.90 Å². The van der Waals surface area contributed by atoms with E-state index in [1.54, 1.807) is 0 Å². The zero-order valence-corrected chi connectivity index (χ0v) is 15.4. The molecule has 1 aliphatic heterocycles. The monoisotopic (exact) mass is 308 g/mol. The fraction of sp³-hybridized carbons (Fsp3) is 0.778. The van der Waals surface area contributed by atoms with E-state index in [4.69, 9.17) is 5.73 Å². The predicted molar refractivity (Wildman–Crippen MR) is 93.9 cm³/mol. The Morgan fingerprint density at radius 2 is 1.90 bits per heavy atom. The molecule has 2 nitrogen and oxygen atoms in total. The molecule has 120 valence electrons. The summed E-state index contributed by atoms with van der Waals surface area (Å²) < 4.78 is 0. The van der Waals surface area contributed by atoms with E-state index >= 15 is 0 Å². The molecule has 1 saturated heterocycles. The molecule has 0 aliphatic carbocycles. The first kappa shape index (κ1) is 17.0. The van der Waals surface area contributed by atoms with Crippen molar-refractivity contribution in [2.24, 2.45) is 17.1 Å². The molecule has 0 radical (unpaired) electrons. The van der Waals surface area contributed by atoms with Crippen molar-refractivity contribution in [3.05, 3.63) is 21.9 Å². The molecule has 1 aliphatic rings. The number of hydrogen-bond acceptors (Lipinski definition) is 3. The minimum Gasteiger partial charge on any atom is -0.329 e. The molecule has 2 unspecified atom stereocenters. The van der Waals surface area contributed by atoms with Crippen LogP contribution in [0, 0.1) is 11.3 Å². The number of rotatable bonds is 3. The number of nitrogens with two attached hydrogens (primary N) is 1. The van der Waals surface area contributed by atoms with Crippen molar-refractivity contribution in [3.63, 3.8) is 0 Å². The van der Waals surface area contributed by atoms with Gasteiger partial charge in [-0.1, -0.05) is 41.5 Å². The SMILES string of the molecule is CC(C)(C)c1ccc(C(CN)N2CCC(C(C)(C)C)C2)s1. The third kappa shape index (κ3) is 3.88. The normalized spacial score (nSPS) is 22.7. The van der Waals surface area contributed by atoms with Crippen LogP contribution < -0.4 is 5.73 Å². The zero-order valence-electron chi connectivity index (χ0n) is 14.6. The molecule has 0 bridgehead atoms. The lowest BCUT2D eigenvalue weighted by molar-refractivity contribution is 0.199. The van der Waals surface area contributed by atoms with E-state index in [0.717, 1.165) is 12.5 Å². The molecule has 0 saturated carbocycles. The highest BCUT2D eigenvalue weighted by atomic mass is 32.1. The summed E-state index contributed by atoms with van der Waals surface area (Å²) in [5.74, 6) is 0.786. The quantitative estimate of drug-likeness (QED) is 0.896. The molecular formula is C18H32N2S. The summed E-state index contributed by atoms with van der Waals surface area (Å²) in [6, 6.07) is 4.99. The summed E-state index contributed by atoms with van der Waals surface area (Å²) in [5, 5.41) is 0. The van der Waals surface area contributed by atoms with Crippen LogP contribution in [0.2, 0.25) is 0 Å². The van der Waals surface area contributed by atoms with Crippen LogP contribution >= 0.6 is 11.3 Å². The number of hydrogen-bond donors (Lipinski definition) is 1. The van der Waals surface area contributed by atoms with Gasteiger partial charge in [0.15, 0.2) is 0 Å². The van der Waals surface area contributed by atoms with Crippen molar-refractivity contribution in [2.75, 3.05) is 19.6 Å². The Morgan fingerprint density at radius 3 is 2.33 bits per heavy atom. The van der Waals surface area contributed by atoms with Gasteiger partial charge in [0.05, 0.1) is 6.04 Å². The summed E-state index contributed by atoms with van der Waals surface area (Å²) in [7, 11) is 0. The van der Waals surface area contributed by atoms with E-state index < -0.39 is 0 Å². The molecule has 3 heteroatoms. The average Bonchev–Trinajstić information content (AvgIpc) is 2.96. The molecule has 1 aromatic heterocycles. The van der Waals surface area contributed by atoms with Gasteiger partial charge in [-0.2, -0.15) is 0 Å². The van der Waals surface area contributed by atoms with Crippen molar-refractivity contribution >= 4 is 11.3 Å². The Labute approximate surface area is 134 Å². The van der Waals surface area contributed by atoms with Gasteiger partial charge in [-0.15, -0.1) is 11.3 Å². The maximum atomic E-state index is 6.12. The Kier molecular flexibility index (Phi) is 4.87. The van der Waals surface area contributed by atoms with Crippen LogP contribution in [0.4, 0.5) is 0 Å². The average molecular weight is 309 g/mol. The van der Waals surface area contributed by atoms with Crippen LogP contribution in [-0.4, -0.2) is 24.5 Å². The second-order valence-electron chi connectivity index (χ2n) is 8.55. The van der Waals surface area contributed by atoms with E-state index in [0.29, 0.717) is 11.5 Å². The third-order valence-corrected chi connectivity index (χ3v) is 6.42. The first-order chi connectivity index (χ1) is 9.63. The standard InChI is InChI=1S/C18H32N2S/c1-17(2,3)13-9-10-20(12-13)14(11-19)15-7-8-16(21-15)18(4,5)6/h7-8,13-14H,9-12,19H2,1-6H3. The van der Waals surface area contributed by atoms with E-state index in [1.807, 2.05) is 11.3 Å². The van der Waals surface area contributed by atoms with Crippen LogP contribution in [0.1, 0.15) is 63.8 Å². The lowest BCUT2D eigenvalue weighted by Gasteiger charge is -2.30. The van der Waals surface area contributed by atoms with Crippen molar-refractivity contribution in [2.45, 2.75) is 59.4 Å². The summed E-state index contributed by atoms with van der Waals surface area (Å²) in [6.45, 7) is 17.0. The topological polar surface area (TPSA) is 29.3 Å². The van der Waals surface area contributed by atoms with E-state index in [-0.39, 0.29) is 5.41 Å². The Hall–Kier alpha value is -0.380. The Morgan fingerprint density at radius 1 is 1.24 bits per heavy atom. The van der Waals surface area contributed by atoms with Gasteiger partial charge in [0.1, 0.15) is 0 Å². The number of nitrogens with zero attached hydrogens (tertiary/aromatic N) is 1. The van der Waals surface area contributed by atoms with Gasteiger partial charge < -0.3 is 5.73 Å². The van der Waals surface area contributed by atoms with Crippen LogP contribution in [0.25, 0.3) is 0 Å². The molecule has 0 spiro atoms. The van der Waals surface area contributed by atoms with Crippen molar-refractivity contribution < 1.29 is 0 Å². The molecule has 2 heterocycles. The fourth-order valence-corrected chi connectivity index (χ4v) is 4.37. The summed E-state index contributed by atoms with van der Waals surface area (Å²) >= 11 is 1.95. The van der Waals surface area contributed by atoms with Gasteiger partial charge >= 0.3 is 0 Å². The van der Waals surface area contributed by atoms with Crippen molar-refractivity contribution in [1.82, 2.24) is 4.90 Å². The third-order valence-electron chi connectivity index (χ3n) is 4.80. The molecule has 1 fully saturated rings. The Bertz CT molecular complexity index is 464.